The standard InChI is InChI=1S/C20H41N3O2/c1-14(2)11-20(9-10-21-15(3)4,12-18(24)22-16(5)6)13-19(25)23-17(7)8/h14-17,21H,9-13H2,1-8H3,(H,22,24)(H,23,25). The number of carbonyl (C=O) groups is 2. The van der Waals surface area contributed by atoms with Crippen molar-refractivity contribution in [2.45, 2.75) is 99.2 Å². The molecule has 0 saturated heterocycles. The zero-order valence-corrected chi connectivity index (χ0v) is 17.7. The zero-order chi connectivity index (χ0) is 19.6. The summed E-state index contributed by atoms with van der Waals surface area (Å²) in [6.07, 6.45) is 2.48. The average Bonchev–Trinajstić information content (AvgIpc) is 2.33. The van der Waals surface area contributed by atoms with Gasteiger partial charge in [0.2, 0.25) is 11.8 Å². The Bertz CT molecular complexity index is 380. The van der Waals surface area contributed by atoms with E-state index in [4.69, 9.17) is 0 Å². The van der Waals surface area contributed by atoms with Gasteiger partial charge in [0.05, 0.1) is 0 Å². The van der Waals surface area contributed by atoms with E-state index >= 15 is 0 Å². The van der Waals surface area contributed by atoms with Gasteiger partial charge in [0.15, 0.2) is 0 Å². The molecule has 0 saturated carbocycles. The maximum Gasteiger partial charge on any atom is 0.220 e. The molecule has 0 aliphatic carbocycles. The molecule has 0 fully saturated rings. The smallest absolute Gasteiger partial charge is 0.220 e. The number of amides is 2. The molecule has 0 rings (SSSR count). The molecule has 148 valence electrons. The lowest BCUT2D eigenvalue weighted by Gasteiger charge is -2.35. The van der Waals surface area contributed by atoms with E-state index in [1.807, 2.05) is 27.7 Å². The van der Waals surface area contributed by atoms with E-state index in [1.54, 1.807) is 0 Å². The lowest BCUT2D eigenvalue weighted by Crippen LogP contribution is -2.42. The van der Waals surface area contributed by atoms with Gasteiger partial charge in [-0.05, 0) is 58.4 Å². The van der Waals surface area contributed by atoms with Gasteiger partial charge in [0.1, 0.15) is 0 Å². The minimum Gasteiger partial charge on any atom is -0.354 e. The van der Waals surface area contributed by atoms with Gasteiger partial charge in [-0.1, -0.05) is 27.7 Å². The number of rotatable bonds is 12. The Morgan fingerprint density at radius 3 is 1.52 bits per heavy atom. The largest absolute Gasteiger partial charge is 0.354 e. The van der Waals surface area contributed by atoms with Gasteiger partial charge in [0.25, 0.3) is 0 Å². The first-order valence-corrected chi connectivity index (χ1v) is 9.78. The van der Waals surface area contributed by atoms with Crippen LogP contribution in [0.25, 0.3) is 0 Å². The summed E-state index contributed by atoms with van der Waals surface area (Å²) in [6.45, 7) is 17.2. The Kier molecular flexibility index (Phi) is 11.0. The van der Waals surface area contributed by atoms with Crippen molar-refractivity contribution in [3.05, 3.63) is 0 Å². The van der Waals surface area contributed by atoms with Crippen LogP contribution in [-0.4, -0.2) is 36.5 Å². The van der Waals surface area contributed by atoms with Gasteiger partial charge in [0, 0.05) is 31.0 Å². The Hall–Kier alpha value is -1.10. The predicted molar refractivity (Wildman–Crippen MR) is 105 cm³/mol. The van der Waals surface area contributed by atoms with Crippen molar-refractivity contribution in [1.29, 1.82) is 0 Å². The minimum atomic E-state index is -0.312. The molecule has 5 heteroatoms. The molecule has 0 bridgehead atoms. The lowest BCUT2D eigenvalue weighted by molar-refractivity contribution is -0.128. The van der Waals surface area contributed by atoms with E-state index in [1.165, 1.54) is 0 Å². The molecule has 25 heavy (non-hydrogen) atoms. The van der Waals surface area contributed by atoms with Crippen molar-refractivity contribution in [2.75, 3.05) is 6.54 Å². The van der Waals surface area contributed by atoms with Gasteiger partial charge in [-0.2, -0.15) is 0 Å². The Morgan fingerprint density at radius 2 is 1.20 bits per heavy atom. The van der Waals surface area contributed by atoms with Gasteiger partial charge < -0.3 is 16.0 Å². The second-order valence-electron chi connectivity index (χ2n) is 8.75. The van der Waals surface area contributed by atoms with Crippen LogP contribution in [0, 0.1) is 11.3 Å². The summed E-state index contributed by atoms with van der Waals surface area (Å²) in [5.74, 6) is 0.507. The molecule has 0 spiro atoms. The molecule has 3 N–H and O–H groups in total. The van der Waals surface area contributed by atoms with Crippen molar-refractivity contribution in [2.24, 2.45) is 11.3 Å². The van der Waals surface area contributed by atoms with Crippen molar-refractivity contribution in [3.8, 4) is 0 Å². The number of nitrogens with one attached hydrogen (secondary N) is 3. The summed E-state index contributed by atoms with van der Waals surface area (Å²) < 4.78 is 0. The van der Waals surface area contributed by atoms with Gasteiger partial charge in [-0.3, -0.25) is 9.59 Å². The highest BCUT2D eigenvalue weighted by molar-refractivity contribution is 5.80. The first-order valence-electron chi connectivity index (χ1n) is 9.78. The number of hydrogen-bond donors (Lipinski definition) is 3. The summed E-state index contributed by atoms with van der Waals surface area (Å²) in [5, 5.41) is 9.43. The van der Waals surface area contributed by atoms with Crippen LogP contribution >= 0.6 is 0 Å². The highest BCUT2D eigenvalue weighted by Crippen LogP contribution is 2.38. The second-order valence-corrected chi connectivity index (χ2v) is 8.75. The fourth-order valence-corrected chi connectivity index (χ4v) is 3.40. The molecule has 5 nitrogen and oxygen atoms in total. The summed E-state index contributed by atoms with van der Waals surface area (Å²) in [6, 6.07) is 0.621. The molecule has 0 atom stereocenters. The summed E-state index contributed by atoms with van der Waals surface area (Å²) >= 11 is 0. The predicted octanol–water partition coefficient (Wildman–Crippen LogP) is 3.24. The molecule has 0 aliphatic heterocycles. The summed E-state index contributed by atoms with van der Waals surface area (Å²) in [4.78, 5) is 25.0. The maximum atomic E-state index is 12.5. The molecule has 0 aromatic rings. The van der Waals surface area contributed by atoms with Gasteiger partial charge in [-0.15, -0.1) is 0 Å². The van der Waals surface area contributed by atoms with E-state index in [-0.39, 0.29) is 29.3 Å². The normalized spacial score (nSPS) is 12.3. The van der Waals surface area contributed by atoms with Crippen LogP contribution in [0.3, 0.4) is 0 Å². The summed E-state index contributed by atoms with van der Waals surface area (Å²) in [7, 11) is 0. The van der Waals surface area contributed by atoms with Crippen LogP contribution in [-0.2, 0) is 9.59 Å². The van der Waals surface area contributed by atoms with Gasteiger partial charge >= 0.3 is 0 Å². The molecule has 0 radical (unpaired) electrons. The minimum absolute atomic E-state index is 0.0394. The Labute approximate surface area is 155 Å². The van der Waals surface area contributed by atoms with Crippen LogP contribution in [0.5, 0.6) is 0 Å². The third-order valence-corrected chi connectivity index (χ3v) is 4.02. The monoisotopic (exact) mass is 355 g/mol. The maximum absolute atomic E-state index is 12.5. The van der Waals surface area contributed by atoms with Crippen molar-refractivity contribution in [3.63, 3.8) is 0 Å². The first-order chi connectivity index (χ1) is 11.5. The SMILES string of the molecule is CC(C)CC(CCNC(C)C)(CC(=O)NC(C)C)CC(=O)NC(C)C. The molecule has 0 unspecified atom stereocenters. The van der Waals surface area contributed by atoms with Crippen LogP contribution in [0.4, 0.5) is 0 Å². The fraction of sp³-hybridized carbons (Fsp3) is 0.900. The lowest BCUT2D eigenvalue weighted by atomic mass is 9.71. The van der Waals surface area contributed by atoms with Crippen LogP contribution in [0.15, 0.2) is 0 Å². The highest BCUT2D eigenvalue weighted by Gasteiger charge is 2.35. The quantitative estimate of drug-likeness (QED) is 0.503. The average molecular weight is 356 g/mol. The number of carbonyl (C=O) groups excluding carboxylic acids is 2. The van der Waals surface area contributed by atoms with Crippen molar-refractivity contribution < 1.29 is 9.59 Å². The Balaban J connectivity index is 5.31. The molecular formula is C20H41N3O2. The zero-order valence-electron chi connectivity index (χ0n) is 17.7. The topological polar surface area (TPSA) is 70.2 Å². The molecular weight excluding hydrogens is 314 g/mol. The van der Waals surface area contributed by atoms with E-state index in [9.17, 15) is 9.59 Å². The van der Waals surface area contributed by atoms with E-state index in [0.717, 1.165) is 19.4 Å². The van der Waals surface area contributed by atoms with Crippen LogP contribution < -0.4 is 16.0 Å². The Morgan fingerprint density at radius 1 is 0.760 bits per heavy atom. The molecule has 0 aromatic heterocycles. The molecule has 0 aromatic carbocycles. The molecule has 0 heterocycles. The first kappa shape index (κ1) is 23.9. The molecule has 2 amide bonds. The van der Waals surface area contributed by atoms with Crippen molar-refractivity contribution in [1.82, 2.24) is 16.0 Å². The third-order valence-electron chi connectivity index (χ3n) is 4.02. The second kappa shape index (κ2) is 11.5. The van der Waals surface area contributed by atoms with E-state index < -0.39 is 0 Å². The van der Waals surface area contributed by atoms with Crippen molar-refractivity contribution >= 4 is 11.8 Å². The third kappa shape index (κ3) is 12.0. The van der Waals surface area contributed by atoms with Crippen LogP contribution in [0.1, 0.15) is 81.1 Å². The van der Waals surface area contributed by atoms with E-state index in [2.05, 4.69) is 43.6 Å². The van der Waals surface area contributed by atoms with Crippen LogP contribution in [0.2, 0.25) is 0 Å². The number of hydrogen-bond acceptors (Lipinski definition) is 3. The highest BCUT2D eigenvalue weighted by atomic mass is 16.2. The van der Waals surface area contributed by atoms with Gasteiger partial charge in [-0.25, -0.2) is 0 Å². The van der Waals surface area contributed by atoms with E-state index in [0.29, 0.717) is 24.8 Å². The molecule has 0 aliphatic rings. The summed E-state index contributed by atoms with van der Waals surface area (Å²) in [5.41, 5.74) is -0.312. The fourth-order valence-electron chi connectivity index (χ4n) is 3.40.